The highest BCUT2D eigenvalue weighted by atomic mass is 15.1. The van der Waals surface area contributed by atoms with Gasteiger partial charge in [-0.05, 0) is 91.1 Å². The van der Waals surface area contributed by atoms with E-state index in [1.165, 1.54) is 35.1 Å². The van der Waals surface area contributed by atoms with Gasteiger partial charge in [-0.3, -0.25) is 0 Å². The summed E-state index contributed by atoms with van der Waals surface area (Å²) in [5.41, 5.74) is 11.8. The molecule has 0 heterocycles. The van der Waals surface area contributed by atoms with Crippen LogP contribution in [0.2, 0.25) is 0 Å². The second kappa shape index (κ2) is 16.7. The summed E-state index contributed by atoms with van der Waals surface area (Å²) in [6.07, 6.45) is 19.3. The maximum absolute atomic E-state index is 3.54. The molecule has 0 atom stereocenters. The number of hydrogen-bond donors (Lipinski definition) is 1. The summed E-state index contributed by atoms with van der Waals surface area (Å²) in [6, 6.07) is 43.4. The zero-order chi connectivity index (χ0) is 32.0. The molecule has 0 aliphatic heterocycles. The lowest BCUT2D eigenvalue weighted by molar-refractivity contribution is 0.834. The van der Waals surface area contributed by atoms with Crippen LogP contribution in [0, 0.1) is 13.8 Å². The molecule has 0 saturated heterocycles. The molecule has 5 rings (SSSR count). The molecule has 1 N–H and O–H groups in total. The van der Waals surface area contributed by atoms with E-state index in [0.29, 0.717) is 0 Å². The summed E-state index contributed by atoms with van der Waals surface area (Å²) >= 11 is 0. The van der Waals surface area contributed by atoms with Crippen molar-refractivity contribution in [1.82, 2.24) is 0 Å². The van der Waals surface area contributed by atoms with E-state index >= 15 is 0 Å². The first-order chi connectivity index (χ1) is 22.6. The standard InChI is InChI=1S/C44H44N2/c1-4-5-34-45-41-26-32-44(33-27-41)46(42-28-22-39(23-29-42)12-8-6-10-37-18-14-35(2)15-19-37)43-30-24-40(25-31-43)13-9-7-11-38-20-16-36(3)17-21-38/h6-33,45H,4-5,34H2,1-3H3/b10-6+,11-7+,12-8+,13-9+. The highest BCUT2D eigenvalue weighted by molar-refractivity contribution is 5.78. The van der Waals surface area contributed by atoms with Gasteiger partial charge in [-0.1, -0.05) is 146 Å². The average molecular weight is 601 g/mol. The van der Waals surface area contributed by atoms with Crippen LogP contribution >= 0.6 is 0 Å². The molecule has 0 saturated carbocycles. The predicted octanol–water partition coefficient (Wildman–Crippen LogP) is 12.4. The minimum atomic E-state index is 0.990. The largest absolute Gasteiger partial charge is 0.385 e. The van der Waals surface area contributed by atoms with Crippen molar-refractivity contribution in [3.05, 3.63) is 179 Å². The first-order valence-corrected chi connectivity index (χ1v) is 16.2. The molecule has 0 radical (unpaired) electrons. The van der Waals surface area contributed by atoms with Gasteiger partial charge in [-0.25, -0.2) is 0 Å². The first-order valence-electron chi connectivity index (χ1n) is 16.2. The summed E-state index contributed by atoms with van der Waals surface area (Å²) in [7, 11) is 0. The number of hydrogen-bond acceptors (Lipinski definition) is 2. The second-order valence-corrected chi connectivity index (χ2v) is 11.6. The molecule has 0 aliphatic carbocycles. The Morgan fingerprint density at radius 1 is 0.457 bits per heavy atom. The minimum absolute atomic E-state index is 0.990. The first kappa shape index (κ1) is 32.1. The van der Waals surface area contributed by atoms with Gasteiger partial charge in [-0.2, -0.15) is 0 Å². The van der Waals surface area contributed by atoms with Crippen LogP contribution in [0.15, 0.2) is 146 Å². The van der Waals surface area contributed by atoms with Crippen molar-refractivity contribution < 1.29 is 0 Å². The lowest BCUT2D eigenvalue weighted by Gasteiger charge is -2.26. The van der Waals surface area contributed by atoms with E-state index in [1.54, 1.807) is 0 Å². The van der Waals surface area contributed by atoms with Crippen LogP contribution in [0.4, 0.5) is 22.7 Å². The highest BCUT2D eigenvalue weighted by Gasteiger charge is 2.12. The molecule has 0 unspecified atom stereocenters. The molecule has 2 heteroatoms. The number of rotatable bonds is 13. The van der Waals surface area contributed by atoms with Crippen molar-refractivity contribution in [2.45, 2.75) is 33.6 Å². The summed E-state index contributed by atoms with van der Waals surface area (Å²) in [4.78, 5) is 2.31. The van der Waals surface area contributed by atoms with Crippen molar-refractivity contribution in [1.29, 1.82) is 0 Å². The Bertz CT molecular complexity index is 1640. The Hall–Kier alpha value is -5.34. The molecule has 0 aromatic heterocycles. The van der Waals surface area contributed by atoms with Crippen LogP contribution in [0.3, 0.4) is 0 Å². The van der Waals surface area contributed by atoms with Gasteiger partial charge in [0.15, 0.2) is 0 Å². The van der Waals surface area contributed by atoms with E-state index in [0.717, 1.165) is 40.4 Å². The summed E-state index contributed by atoms with van der Waals surface area (Å²) in [5.74, 6) is 0. The fourth-order valence-corrected chi connectivity index (χ4v) is 5.08. The molecule has 5 aromatic carbocycles. The topological polar surface area (TPSA) is 15.3 Å². The van der Waals surface area contributed by atoms with Gasteiger partial charge in [-0.15, -0.1) is 0 Å². The van der Waals surface area contributed by atoms with Crippen molar-refractivity contribution >= 4 is 47.1 Å². The third kappa shape index (κ3) is 9.58. The van der Waals surface area contributed by atoms with E-state index in [-0.39, 0.29) is 0 Å². The fraction of sp³-hybridized carbons (Fsp3) is 0.136. The predicted molar refractivity (Wildman–Crippen MR) is 203 cm³/mol. The van der Waals surface area contributed by atoms with Crippen molar-refractivity contribution in [2.24, 2.45) is 0 Å². The quantitative estimate of drug-likeness (QED) is 0.107. The van der Waals surface area contributed by atoms with Crippen LogP contribution in [0.5, 0.6) is 0 Å². The Kier molecular flexibility index (Phi) is 11.6. The lowest BCUT2D eigenvalue weighted by Crippen LogP contribution is -2.10. The highest BCUT2D eigenvalue weighted by Crippen LogP contribution is 2.35. The molecule has 5 aromatic rings. The lowest BCUT2D eigenvalue weighted by atomic mass is 10.1. The molecular weight excluding hydrogens is 556 g/mol. The molecule has 0 amide bonds. The van der Waals surface area contributed by atoms with Gasteiger partial charge < -0.3 is 10.2 Å². The van der Waals surface area contributed by atoms with Crippen molar-refractivity contribution in [3.63, 3.8) is 0 Å². The molecule has 0 bridgehead atoms. The zero-order valence-corrected chi connectivity index (χ0v) is 27.2. The van der Waals surface area contributed by atoms with Gasteiger partial charge >= 0.3 is 0 Å². The normalized spacial score (nSPS) is 11.7. The molecule has 0 fully saturated rings. The van der Waals surface area contributed by atoms with Crippen LogP contribution in [-0.2, 0) is 0 Å². The maximum atomic E-state index is 3.54. The fourth-order valence-electron chi connectivity index (χ4n) is 5.08. The van der Waals surface area contributed by atoms with Crippen molar-refractivity contribution in [3.8, 4) is 0 Å². The third-order valence-corrected chi connectivity index (χ3v) is 7.82. The SMILES string of the molecule is CCCCNc1ccc(N(c2ccc(/C=C/C=C/c3ccc(C)cc3)cc2)c2ccc(/C=C/C=C/c3ccc(C)cc3)cc2)cc1. The van der Waals surface area contributed by atoms with Crippen LogP contribution in [0.1, 0.15) is 53.1 Å². The van der Waals surface area contributed by atoms with Crippen molar-refractivity contribution in [2.75, 3.05) is 16.8 Å². The number of unbranched alkanes of at least 4 members (excludes halogenated alkanes) is 1. The van der Waals surface area contributed by atoms with Gasteiger partial charge in [0.25, 0.3) is 0 Å². The van der Waals surface area contributed by atoms with Gasteiger partial charge in [0.1, 0.15) is 0 Å². The minimum Gasteiger partial charge on any atom is -0.385 e. The molecule has 0 aliphatic rings. The number of anilines is 4. The summed E-state index contributed by atoms with van der Waals surface area (Å²) in [6.45, 7) is 7.43. The van der Waals surface area contributed by atoms with Gasteiger partial charge in [0, 0.05) is 29.3 Å². The van der Waals surface area contributed by atoms with Crippen LogP contribution < -0.4 is 10.2 Å². The summed E-state index contributed by atoms with van der Waals surface area (Å²) < 4.78 is 0. The third-order valence-electron chi connectivity index (χ3n) is 7.82. The van der Waals surface area contributed by atoms with E-state index in [2.05, 4.69) is 201 Å². The van der Waals surface area contributed by atoms with E-state index in [1.807, 2.05) is 0 Å². The number of nitrogens with zero attached hydrogens (tertiary/aromatic N) is 1. The number of aryl methyl sites for hydroxylation is 2. The second-order valence-electron chi connectivity index (χ2n) is 11.6. The zero-order valence-electron chi connectivity index (χ0n) is 27.2. The number of allylic oxidation sites excluding steroid dienone is 4. The average Bonchev–Trinajstić information content (AvgIpc) is 3.09. The number of nitrogens with one attached hydrogen (secondary N) is 1. The van der Waals surface area contributed by atoms with Crippen LogP contribution in [0.25, 0.3) is 24.3 Å². The monoisotopic (exact) mass is 600 g/mol. The number of benzene rings is 5. The smallest absolute Gasteiger partial charge is 0.0463 e. The van der Waals surface area contributed by atoms with E-state index in [9.17, 15) is 0 Å². The summed E-state index contributed by atoms with van der Waals surface area (Å²) in [5, 5.41) is 3.54. The van der Waals surface area contributed by atoms with Gasteiger partial charge in [0.2, 0.25) is 0 Å². The van der Waals surface area contributed by atoms with Gasteiger partial charge in [0.05, 0.1) is 0 Å². The Labute approximate surface area is 275 Å². The molecule has 46 heavy (non-hydrogen) atoms. The molecule has 0 spiro atoms. The molecular formula is C44H44N2. The Morgan fingerprint density at radius 2 is 0.783 bits per heavy atom. The Morgan fingerprint density at radius 3 is 1.13 bits per heavy atom. The molecule has 230 valence electrons. The molecule has 2 nitrogen and oxygen atoms in total. The van der Waals surface area contributed by atoms with E-state index < -0.39 is 0 Å². The Balaban J connectivity index is 1.33. The van der Waals surface area contributed by atoms with Crippen LogP contribution in [-0.4, -0.2) is 6.54 Å². The van der Waals surface area contributed by atoms with E-state index in [4.69, 9.17) is 0 Å². The maximum Gasteiger partial charge on any atom is 0.0463 e.